The lowest BCUT2D eigenvalue weighted by molar-refractivity contribution is 0.0217. The van der Waals surface area contributed by atoms with Crippen molar-refractivity contribution >= 4 is 0 Å². The van der Waals surface area contributed by atoms with E-state index in [0.29, 0.717) is 24.3 Å². The first-order valence-electron chi connectivity index (χ1n) is 6.35. The fourth-order valence-electron chi connectivity index (χ4n) is 1.95. The molecule has 1 aromatic rings. The zero-order valence-electron chi connectivity index (χ0n) is 10.8. The van der Waals surface area contributed by atoms with E-state index in [1.165, 1.54) is 0 Å². The monoisotopic (exact) mass is 239 g/mol. The van der Waals surface area contributed by atoms with Gasteiger partial charge in [0.05, 0.1) is 0 Å². The first-order valence-corrected chi connectivity index (χ1v) is 6.35. The van der Waals surface area contributed by atoms with Gasteiger partial charge in [-0.05, 0) is 31.8 Å². The van der Waals surface area contributed by atoms with Crippen LogP contribution in [0.1, 0.15) is 38.6 Å². The molecule has 1 aliphatic heterocycles. The topological polar surface area (TPSA) is 60.2 Å². The third kappa shape index (κ3) is 3.04. The molecule has 17 heavy (non-hydrogen) atoms. The van der Waals surface area contributed by atoms with E-state index in [1.54, 1.807) is 0 Å². The van der Waals surface area contributed by atoms with E-state index in [1.807, 2.05) is 6.92 Å². The van der Waals surface area contributed by atoms with Crippen LogP contribution in [0.5, 0.6) is 0 Å². The Bertz CT molecular complexity index is 347. The largest absolute Gasteiger partial charge is 0.370 e. The van der Waals surface area contributed by atoms with Crippen LogP contribution in [-0.2, 0) is 11.2 Å². The maximum atomic E-state index is 5.65. The first-order chi connectivity index (χ1) is 8.20. The highest BCUT2D eigenvalue weighted by molar-refractivity contribution is 4.95. The molecular weight excluding hydrogens is 218 g/mol. The highest BCUT2D eigenvalue weighted by atomic mass is 16.5. The van der Waals surface area contributed by atoms with Crippen LogP contribution in [0.15, 0.2) is 4.52 Å². The Balaban J connectivity index is 1.99. The normalized spacial score (nSPS) is 18.4. The van der Waals surface area contributed by atoms with Crippen molar-refractivity contribution < 1.29 is 9.26 Å². The molecule has 1 aliphatic rings. The summed E-state index contributed by atoms with van der Waals surface area (Å²) in [5.74, 6) is 2.42. The Morgan fingerprint density at radius 3 is 2.76 bits per heavy atom. The quantitative estimate of drug-likeness (QED) is 0.816. The molecule has 0 saturated carbocycles. The fraction of sp³-hybridized carbons (Fsp3) is 0.833. The number of rotatable bonds is 6. The van der Waals surface area contributed by atoms with E-state index < -0.39 is 0 Å². The molecule has 1 N–H and O–H groups in total. The Labute approximate surface area is 102 Å². The van der Waals surface area contributed by atoms with Crippen molar-refractivity contribution in [3.63, 3.8) is 0 Å². The van der Waals surface area contributed by atoms with E-state index in [0.717, 1.165) is 25.4 Å². The van der Waals surface area contributed by atoms with Gasteiger partial charge < -0.3 is 14.6 Å². The van der Waals surface area contributed by atoms with Crippen molar-refractivity contribution in [2.24, 2.45) is 11.8 Å². The molecule has 1 aromatic heterocycles. The number of nitrogens with one attached hydrogen (secondary N) is 1. The SMILES string of the molecule is CCOC(c1noc(CC2CNC2)n1)C(C)C. The Morgan fingerprint density at radius 2 is 2.24 bits per heavy atom. The number of hydrogen-bond donors (Lipinski definition) is 1. The molecule has 0 aromatic carbocycles. The van der Waals surface area contributed by atoms with E-state index in [-0.39, 0.29) is 6.10 Å². The predicted molar refractivity (Wildman–Crippen MR) is 63.6 cm³/mol. The average molecular weight is 239 g/mol. The summed E-state index contributed by atoms with van der Waals surface area (Å²) in [6.45, 7) is 8.96. The zero-order chi connectivity index (χ0) is 12.3. The van der Waals surface area contributed by atoms with Gasteiger partial charge in [-0.3, -0.25) is 0 Å². The molecular formula is C12H21N3O2. The molecule has 5 nitrogen and oxygen atoms in total. The minimum absolute atomic E-state index is 0.0583. The second-order valence-corrected chi connectivity index (χ2v) is 4.89. The van der Waals surface area contributed by atoms with Gasteiger partial charge in [0.1, 0.15) is 6.10 Å². The van der Waals surface area contributed by atoms with Crippen LogP contribution >= 0.6 is 0 Å². The van der Waals surface area contributed by atoms with E-state index in [4.69, 9.17) is 9.26 Å². The van der Waals surface area contributed by atoms with Crippen LogP contribution in [0.4, 0.5) is 0 Å². The van der Waals surface area contributed by atoms with Gasteiger partial charge in [0.2, 0.25) is 11.7 Å². The minimum Gasteiger partial charge on any atom is -0.370 e. The third-order valence-electron chi connectivity index (χ3n) is 3.02. The molecule has 2 heterocycles. The van der Waals surface area contributed by atoms with Crippen LogP contribution in [0.2, 0.25) is 0 Å². The standard InChI is InChI=1S/C12H21N3O2/c1-4-16-11(8(2)3)12-14-10(17-15-12)5-9-6-13-7-9/h8-9,11,13H,4-7H2,1-3H3. The molecule has 0 spiro atoms. The van der Waals surface area contributed by atoms with Crippen LogP contribution in [0, 0.1) is 11.8 Å². The summed E-state index contributed by atoms with van der Waals surface area (Å²) in [6.07, 6.45) is 0.814. The van der Waals surface area contributed by atoms with Gasteiger partial charge in [0.25, 0.3) is 0 Å². The van der Waals surface area contributed by atoms with Gasteiger partial charge in [0, 0.05) is 13.0 Å². The van der Waals surface area contributed by atoms with Crippen molar-refractivity contribution in [3.05, 3.63) is 11.7 Å². The van der Waals surface area contributed by atoms with Gasteiger partial charge in [-0.2, -0.15) is 4.98 Å². The summed E-state index contributed by atoms with van der Waals surface area (Å²) in [7, 11) is 0. The highest BCUT2D eigenvalue weighted by Gasteiger charge is 2.24. The van der Waals surface area contributed by atoms with E-state index in [9.17, 15) is 0 Å². The minimum atomic E-state index is -0.0583. The van der Waals surface area contributed by atoms with Crippen molar-refractivity contribution in [2.45, 2.75) is 33.3 Å². The smallest absolute Gasteiger partial charge is 0.227 e. The van der Waals surface area contributed by atoms with Crippen molar-refractivity contribution in [2.75, 3.05) is 19.7 Å². The second kappa shape index (κ2) is 5.60. The highest BCUT2D eigenvalue weighted by Crippen LogP contribution is 2.23. The number of hydrogen-bond acceptors (Lipinski definition) is 5. The van der Waals surface area contributed by atoms with Crippen molar-refractivity contribution in [3.8, 4) is 0 Å². The lowest BCUT2D eigenvalue weighted by Gasteiger charge is -2.25. The summed E-state index contributed by atoms with van der Waals surface area (Å²) in [5, 5.41) is 7.27. The summed E-state index contributed by atoms with van der Waals surface area (Å²) in [6, 6.07) is 0. The molecule has 1 unspecified atom stereocenters. The van der Waals surface area contributed by atoms with Crippen LogP contribution in [0.25, 0.3) is 0 Å². The van der Waals surface area contributed by atoms with Gasteiger partial charge in [-0.15, -0.1) is 0 Å². The summed E-state index contributed by atoms with van der Waals surface area (Å²) in [4.78, 5) is 4.44. The number of ether oxygens (including phenoxy) is 1. The molecule has 1 saturated heterocycles. The summed E-state index contributed by atoms with van der Waals surface area (Å²) >= 11 is 0. The first kappa shape index (κ1) is 12.5. The van der Waals surface area contributed by atoms with Crippen LogP contribution < -0.4 is 5.32 Å². The molecule has 0 radical (unpaired) electrons. The Hall–Kier alpha value is -0.940. The maximum absolute atomic E-state index is 5.65. The second-order valence-electron chi connectivity index (χ2n) is 4.89. The van der Waals surface area contributed by atoms with Crippen LogP contribution in [0.3, 0.4) is 0 Å². The summed E-state index contributed by atoms with van der Waals surface area (Å²) in [5.41, 5.74) is 0. The fourth-order valence-corrected chi connectivity index (χ4v) is 1.95. The molecule has 5 heteroatoms. The molecule has 0 bridgehead atoms. The lowest BCUT2D eigenvalue weighted by atomic mass is 10.00. The number of aromatic nitrogens is 2. The van der Waals surface area contributed by atoms with Gasteiger partial charge in [0.15, 0.2) is 0 Å². The van der Waals surface area contributed by atoms with Crippen LogP contribution in [-0.4, -0.2) is 29.8 Å². The van der Waals surface area contributed by atoms with Gasteiger partial charge >= 0.3 is 0 Å². The van der Waals surface area contributed by atoms with Gasteiger partial charge in [-0.25, -0.2) is 0 Å². The average Bonchev–Trinajstić information content (AvgIpc) is 2.68. The Kier molecular flexibility index (Phi) is 4.12. The predicted octanol–water partition coefficient (Wildman–Crippen LogP) is 1.57. The molecule has 0 aliphatic carbocycles. The van der Waals surface area contributed by atoms with Crippen molar-refractivity contribution in [1.29, 1.82) is 0 Å². The van der Waals surface area contributed by atoms with E-state index >= 15 is 0 Å². The van der Waals surface area contributed by atoms with E-state index in [2.05, 4.69) is 29.3 Å². The maximum Gasteiger partial charge on any atom is 0.227 e. The van der Waals surface area contributed by atoms with Crippen molar-refractivity contribution in [1.82, 2.24) is 15.5 Å². The Morgan fingerprint density at radius 1 is 1.47 bits per heavy atom. The molecule has 1 atom stereocenters. The molecule has 0 amide bonds. The zero-order valence-corrected chi connectivity index (χ0v) is 10.8. The van der Waals surface area contributed by atoms with Gasteiger partial charge in [-0.1, -0.05) is 19.0 Å². The molecule has 2 rings (SSSR count). The molecule has 96 valence electrons. The lowest BCUT2D eigenvalue weighted by Crippen LogP contribution is -2.43. The third-order valence-corrected chi connectivity index (χ3v) is 3.02. The molecule has 1 fully saturated rings. The summed E-state index contributed by atoms with van der Waals surface area (Å²) < 4.78 is 10.9. The number of nitrogens with zero attached hydrogens (tertiary/aromatic N) is 2.